The van der Waals surface area contributed by atoms with Crippen molar-refractivity contribution in [3.05, 3.63) is 64.7 Å². The minimum absolute atomic E-state index is 0.266. The number of nitrogens with one attached hydrogen (secondary N) is 1. The number of benzene rings is 2. The van der Waals surface area contributed by atoms with Crippen LogP contribution in [0.5, 0.6) is 0 Å². The van der Waals surface area contributed by atoms with Gasteiger partial charge >= 0.3 is 5.97 Å². The van der Waals surface area contributed by atoms with Crippen molar-refractivity contribution >= 4 is 17.6 Å². The summed E-state index contributed by atoms with van der Waals surface area (Å²) in [7, 11) is 1.27. The molecule has 114 valence electrons. The van der Waals surface area contributed by atoms with E-state index in [9.17, 15) is 18.4 Å². The van der Waals surface area contributed by atoms with E-state index in [2.05, 4.69) is 10.1 Å². The lowest BCUT2D eigenvalue weighted by atomic mass is 10.1. The second-order valence-electron chi connectivity index (χ2n) is 4.60. The Kier molecular flexibility index (Phi) is 4.50. The second-order valence-corrected chi connectivity index (χ2v) is 4.60. The van der Waals surface area contributed by atoms with Gasteiger partial charge in [0.1, 0.15) is 11.6 Å². The van der Waals surface area contributed by atoms with Crippen molar-refractivity contribution < 1.29 is 23.1 Å². The van der Waals surface area contributed by atoms with Crippen molar-refractivity contribution in [2.24, 2.45) is 0 Å². The predicted octanol–water partition coefficient (Wildman–Crippen LogP) is 3.31. The SMILES string of the molecule is COC(=O)c1ccc(NC(=O)c2ccc(F)cc2F)c(C)c1. The summed E-state index contributed by atoms with van der Waals surface area (Å²) < 4.78 is 31.0. The standard InChI is InChI=1S/C16H13F2NO3/c1-9-7-10(16(21)22-2)3-6-14(9)19-15(20)12-5-4-11(17)8-13(12)18/h3-8H,1-2H3,(H,19,20). The van der Waals surface area contributed by atoms with Crippen LogP contribution in [0.4, 0.5) is 14.5 Å². The van der Waals surface area contributed by atoms with Crippen LogP contribution in [0, 0.1) is 18.6 Å². The highest BCUT2D eigenvalue weighted by atomic mass is 19.1. The van der Waals surface area contributed by atoms with Gasteiger partial charge in [0.2, 0.25) is 0 Å². The molecule has 0 saturated carbocycles. The number of aryl methyl sites for hydroxylation is 1. The number of amides is 1. The zero-order chi connectivity index (χ0) is 16.3. The van der Waals surface area contributed by atoms with Gasteiger partial charge in [-0.05, 0) is 42.8 Å². The number of ether oxygens (including phenoxy) is 1. The van der Waals surface area contributed by atoms with Crippen molar-refractivity contribution in [1.29, 1.82) is 0 Å². The molecule has 2 rings (SSSR count). The summed E-state index contributed by atoms with van der Waals surface area (Å²) >= 11 is 0. The average Bonchev–Trinajstić information content (AvgIpc) is 2.48. The first-order chi connectivity index (χ1) is 10.4. The van der Waals surface area contributed by atoms with Crippen molar-refractivity contribution in [2.45, 2.75) is 6.92 Å². The zero-order valence-electron chi connectivity index (χ0n) is 11.9. The summed E-state index contributed by atoms with van der Waals surface area (Å²) in [6.45, 7) is 1.68. The maximum Gasteiger partial charge on any atom is 0.337 e. The molecule has 0 bridgehead atoms. The number of halogens is 2. The smallest absolute Gasteiger partial charge is 0.337 e. The summed E-state index contributed by atoms with van der Waals surface area (Å²) in [6.07, 6.45) is 0. The maximum absolute atomic E-state index is 13.6. The van der Waals surface area contributed by atoms with Gasteiger partial charge in [0.05, 0.1) is 18.2 Å². The van der Waals surface area contributed by atoms with E-state index in [0.29, 0.717) is 22.9 Å². The third-order valence-electron chi connectivity index (χ3n) is 3.07. The fourth-order valence-corrected chi connectivity index (χ4v) is 1.91. The number of carbonyl (C=O) groups is 2. The van der Waals surface area contributed by atoms with E-state index in [0.717, 1.165) is 12.1 Å². The van der Waals surface area contributed by atoms with Gasteiger partial charge in [0.15, 0.2) is 0 Å². The fraction of sp³-hybridized carbons (Fsp3) is 0.125. The van der Waals surface area contributed by atoms with Gasteiger partial charge in [-0.3, -0.25) is 4.79 Å². The van der Waals surface area contributed by atoms with E-state index in [1.807, 2.05) is 0 Å². The predicted molar refractivity (Wildman–Crippen MR) is 76.8 cm³/mol. The molecule has 2 aromatic carbocycles. The molecule has 0 aliphatic heterocycles. The van der Waals surface area contributed by atoms with Crippen molar-refractivity contribution in [1.82, 2.24) is 0 Å². The number of carbonyl (C=O) groups excluding carboxylic acids is 2. The van der Waals surface area contributed by atoms with Crippen LogP contribution in [0.25, 0.3) is 0 Å². The van der Waals surface area contributed by atoms with E-state index >= 15 is 0 Å². The van der Waals surface area contributed by atoms with E-state index in [1.54, 1.807) is 13.0 Å². The maximum atomic E-state index is 13.6. The topological polar surface area (TPSA) is 55.4 Å². The molecule has 0 spiro atoms. The number of hydrogen-bond acceptors (Lipinski definition) is 3. The zero-order valence-corrected chi connectivity index (χ0v) is 11.9. The Morgan fingerprint density at radius 1 is 1.09 bits per heavy atom. The van der Waals surface area contributed by atoms with E-state index < -0.39 is 23.5 Å². The summed E-state index contributed by atoms with van der Waals surface area (Å²) in [5.74, 6) is -2.90. The lowest BCUT2D eigenvalue weighted by Crippen LogP contribution is -2.15. The Hall–Kier alpha value is -2.76. The molecular formula is C16H13F2NO3. The van der Waals surface area contributed by atoms with E-state index in [4.69, 9.17) is 0 Å². The Labute approximate surface area is 125 Å². The Balaban J connectivity index is 2.23. The molecule has 0 fully saturated rings. The lowest BCUT2D eigenvalue weighted by molar-refractivity contribution is 0.0600. The number of rotatable bonds is 3. The van der Waals surface area contributed by atoms with Crippen LogP contribution in [-0.2, 0) is 4.74 Å². The quantitative estimate of drug-likeness (QED) is 0.885. The highest BCUT2D eigenvalue weighted by molar-refractivity contribution is 6.05. The second kappa shape index (κ2) is 6.34. The van der Waals surface area contributed by atoms with Crippen LogP contribution < -0.4 is 5.32 Å². The molecule has 0 radical (unpaired) electrons. The highest BCUT2D eigenvalue weighted by Crippen LogP contribution is 2.19. The van der Waals surface area contributed by atoms with Crippen LogP contribution in [-0.4, -0.2) is 19.0 Å². The van der Waals surface area contributed by atoms with Crippen molar-refractivity contribution in [3.8, 4) is 0 Å². The summed E-state index contributed by atoms with van der Waals surface area (Å²) in [5.41, 5.74) is 1.10. The molecule has 0 unspecified atom stereocenters. The highest BCUT2D eigenvalue weighted by Gasteiger charge is 2.14. The molecule has 0 aliphatic carbocycles. The van der Waals surface area contributed by atoms with Crippen molar-refractivity contribution in [3.63, 3.8) is 0 Å². The minimum Gasteiger partial charge on any atom is -0.465 e. The van der Waals surface area contributed by atoms with E-state index in [-0.39, 0.29) is 5.56 Å². The lowest BCUT2D eigenvalue weighted by Gasteiger charge is -2.10. The molecule has 2 aromatic rings. The molecule has 0 aromatic heterocycles. The summed E-state index contributed by atoms with van der Waals surface area (Å²) in [5, 5.41) is 2.52. The first kappa shape index (κ1) is 15.6. The Morgan fingerprint density at radius 3 is 2.41 bits per heavy atom. The molecule has 0 atom stereocenters. The van der Waals surface area contributed by atoms with Crippen LogP contribution in [0.1, 0.15) is 26.3 Å². The van der Waals surface area contributed by atoms with Crippen molar-refractivity contribution in [2.75, 3.05) is 12.4 Å². The molecule has 4 nitrogen and oxygen atoms in total. The third kappa shape index (κ3) is 3.28. The van der Waals surface area contributed by atoms with Crippen LogP contribution in [0.2, 0.25) is 0 Å². The normalized spacial score (nSPS) is 10.2. The molecule has 22 heavy (non-hydrogen) atoms. The molecule has 1 amide bonds. The number of anilines is 1. The molecule has 0 heterocycles. The number of esters is 1. The molecule has 0 saturated heterocycles. The van der Waals surface area contributed by atoms with Gasteiger partial charge < -0.3 is 10.1 Å². The van der Waals surface area contributed by atoms with E-state index in [1.165, 1.54) is 19.2 Å². The molecular weight excluding hydrogens is 292 g/mol. The Morgan fingerprint density at radius 2 is 1.82 bits per heavy atom. The van der Waals surface area contributed by atoms with Gasteiger partial charge in [0.25, 0.3) is 5.91 Å². The molecule has 6 heteroatoms. The van der Waals surface area contributed by atoms with Gasteiger partial charge in [-0.2, -0.15) is 0 Å². The van der Waals surface area contributed by atoms with Gasteiger partial charge in [-0.25, -0.2) is 13.6 Å². The molecule has 1 N–H and O–H groups in total. The van der Waals surface area contributed by atoms with Gasteiger partial charge in [-0.1, -0.05) is 0 Å². The fourth-order valence-electron chi connectivity index (χ4n) is 1.91. The van der Waals surface area contributed by atoms with Crippen LogP contribution in [0.3, 0.4) is 0 Å². The monoisotopic (exact) mass is 305 g/mol. The van der Waals surface area contributed by atoms with Crippen LogP contribution >= 0.6 is 0 Å². The third-order valence-corrected chi connectivity index (χ3v) is 3.07. The first-order valence-corrected chi connectivity index (χ1v) is 6.37. The van der Waals surface area contributed by atoms with Gasteiger partial charge in [-0.15, -0.1) is 0 Å². The van der Waals surface area contributed by atoms with Gasteiger partial charge in [0, 0.05) is 11.8 Å². The number of hydrogen-bond donors (Lipinski definition) is 1. The van der Waals surface area contributed by atoms with Crippen LogP contribution in [0.15, 0.2) is 36.4 Å². The molecule has 0 aliphatic rings. The summed E-state index contributed by atoms with van der Waals surface area (Å²) in [6, 6.07) is 7.25. The largest absolute Gasteiger partial charge is 0.465 e. The minimum atomic E-state index is -0.943. The Bertz CT molecular complexity index is 744. The number of methoxy groups -OCH3 is 1. The summed E-state index contributed by atoms with van der Waals surface area (Å²) in [4.78, 5) is 23.4. The average molecular weight is 305 g/mol. The first-order valence-electron chi connectivity index (χ1n) is 6.37.